The Bertz CT molecular complexity index is 2330. The van der Waals surface area contributed by atoms with Crippen LogP contribution in [-0.4, -0.2) is 214 Å². The van der Waals surface area contributed by atoms with Crippen LogP contribution >= 0.6 is 0 Å². The van der Waals surface area contributed by atoms with E-state index in [0.717, 1.165) is 11.3 Å². The van der Waals surface area contributed by atoms with E-state index >= 15 is 0 Å². The van der Waals surface area contributed by atoms with Crippen LogP contribution in [-0.2, 0) is 71.9 Å². The van der Waals surface area contributed by atoms with Gasteiger partial charge in [0.05, 0.1) is 25.7 Å². The Labute approximate surface area is 453 Å². The van der Waals surface area contributed by atoms with Gasteiger partial charge in [0.2, 0.25) is 82.7 Å². The summed E-state index contributed by atoms with van der Waals surface area (Å²) in [5.74, 6) is -13.0. The lowest BCUT2D eigenvalue weighted by atomic mass is 10.1. The Hall–Kier alpha value is -8.03. The Morgan fingerprint density at radius 2 is 0.924 bits per heavy atom. The minimum atomic E-state index is -1.72. The highest BCUT2D eigenvalue weighted by Gasteiger charge is 2.44. The first-order chi connectivity index (χ1) is 37.4. The molecule has 9 atom stereocenters. The molecule has 79 heavy (non-hydrogen) atoms. The van der Waals surface area contributed by atoms with Crippen LogP contribution in [0.5, 0.6) is 0 Å². The zero-order chi connectivity index (χ0) is 58.5. The quantitative estimate of drug-likeness (QED) is 0.0307. The van der Waals surface area contributed by atoms with E-state index in [4.69, 9.17) is 22.9 Å². The first-order valence-electron chi connectivity index (χ1n) is 26.1. The molecule has 0 aromatic heterocycles. The monoisotopic (exact) mass is 1120 g/mol. The third-order valence-electron chi connectivity index (χ3n) is 13.8. The van der Waals surface area contributed by atoms with E-state index in [0.29, 0.717) is 25.8 Å². The number of aliphatic hydroxyl groups is 1. The van der Waals surface area contributed by atoms with Crippen LogP contribution in [0.1, 0.15) is 103 Å². The molecule has 0 radical (unpaired) electrons. The molecule has 14 amide bonds. The highest BCUT2D eigenvalue weighted by atomic mass is 16.4. The van der Waals surface area contributed by atoms with Gasteiger partial charge in [-0.3, -0.25) is 67.1 Å². The highest BCUT2D eigenvalue weighted by molar-refractivity contribution is 5.99. The zero-order valence-corrected chi connectivity index (χ0v) is 43.6. The molecular formula is C47H73N15O17. The average Bonchev–Trinajstić information content (AvgIpc) is 4.31. The van der Waals surface area contributed by atoms with Crippen molar-refractivity contribution in [3.05, 3.63) is 0 Å². The van der Waals surface area contributed by atoms with Crippen LogP contribution < -0.4 is 65.5 Å². The summed E-state index contributed by atoms with van der Waals surface area (Å²) in [6, 6.07) is -11.5. The average molecular weight is 1120 g/mol. The first kappa shape index (κ1) is 63.5. The number of hydrogen-bond acceptors (Lipinski definition) is 17. The van der Waals surface area contributed by atoms with Crippen molar-refractivity contribution in [3.8, 4) is 0 Å². The van der Waals surface area contributed by atoms with Crippen molar-refractivity contribution < 1.29 is 82.1 Å². The van der Waals surface area contributed by atoms with Gasteiger partial charge in [0.15, 0.2) is 0 Å². The molecule has 18 N–H and O–H groups in total. The molecule has 0 spiro atoms. The van der Waals surface area contributed by atoms with E-state index in [2.05, 4.69) is 42.5 Å². The number of nitrogens with one attached hydrogen (secondary N) is 8. The number of aliphatic hydroxyl groups excluding tert-OH is 1. The third kappa shape index (κ3) is 19.4. The lowest BCUT2D eigenvalue weighted by Crippen LogP contribution is -2.59. The van der Waals surface area contributed by atoms with Crippen molar-refractivity contribution in [2.75, 3.05) is 45.9 Å². The topological polar surface area (TPSA) is 507 Å². The predicted octanol–water partition coefficient (Wildman–Crippen LogP) is -8.49. The molecule has 0 bridgehead atoms. The van der Waals surface area contributed by atoms with Crippen molar-refractivity contribution in [2.24, 2.45) is 22.9 Å². The summed E-state index contributed by atoms with van der Waals surface area (Å²) in [4.78, 5) is 196. The van der Waals surface area contributed by atoms with Gasteiger partial charge >= 0.3 is 5.97 Å². The maximum Gasteiger partial charge on any atom is 0.326 e. The number of amides is 14. The molecule has 0 saturated carbocycles. The number of aliphatic carboxylic acids is 1. The maximum absolute atomic E-state index is 14.1. The fourth-order valence-electron chi connectivity index (χ4n) is 9.63. The molecular weight excluding hydrogens is 1050 g/mol. The number of carbonyl (C=O) groups is 15. The molecule has 4 heterocycles. The first-order valence-corrected chi connectivity index (χ1v) is 26.1. The molecule has 0 unspecified atom stereocenters. The second kappa shape index (κ2) is 30.8. The van der Waals surface area contributed by atoms with E-state index < -0.39 is 182 Å². The number of nitrogens with zero attached hydrogens (tertiary/aromatic N) is 3. The Morgan fingerprint density at radius 1 is 0.481 bits per heavy atom. The number of nitrogens with two attached hydrogens (primary N) is 4. The van der Waals surface area contributed by atoms with Gasteiger partial charge < -0.3 is 90.4 Å². The summed E-state index contributed by atoms with van der Waals surface area (Å²) in [6.45, 7) is -1.66. The van der Waals surface area contributed by atoms with Gasteiger partial charge in [0.1, 0.15) is 48.3 Å². The van der Waals surface area contributed by atoms with E-state index in [9.17, 15) is 82.1 Å². The van der Waals surface area contributed by atoms with Crippen LogP contribution in [0.15, 0.2) is 0 Å². The minimum absolute atomic E-state index is 0.0409. The molecule has 4 fully saturated rings. The van der Waals surface area contributed by atoms with Crippen LogP contribution in [0.3, 0.4) is 0 Å². The highest BCUT2D eigenvalue weighted by Crippen LogP contribution is 2.26. The molecule has 4 rings (SSSR count). The van der Waals surface area contributed by atoms with Gasteiger partial charge in [-0.05, 0) is 83.6 Å². The molecule has 32 nitrogen and oxygen atoms in total. The fourth-order valence-corrected chi connectivity index (χ4v) is 9.63. The lowest BCUT2D eigenvalue weighted by molar-refractivity contribution is -0.147. The number of likely N-dealkylation sites (tertiary alicyclic amines) is 3. The van der Waals surface area contributed by atoms with Crippen molar-refractivity contribution in [1.82, 2.24) is 57.2 Å². The molecule has 0 aromatic carbocycles. The van der Waals surface area contributed by atoms with Gasteiger partial charge in [-0.15, -0.1) is 0 Å². The lowest BCUT2D eigenvalue weighted by Gasteiger charge is -2.31. The second-order valence-corrected chi connectivity index (χ2v) is 19.6. The minimum Gasteiger partial charge on any atom is -0.480 e. The van der Waals surface area contributed by atoms with Gasteiger partial charge in [-0.25, -0.2) is 4.79 Å². The summed E-state index contributed by atoms with van der Waals surface area (Å²) >= 11 is 0. The maximum atomic E-state index is 14.1. The predicted molar refractivity (Wildman–Crippen MR) is 269 cm³/mol. The largest absolute Gasteiger partial charge is 0.480 e. The fraction of sp³-hybridized carbons (Fsp3) is 0.681. The smallest absolute Gasteiger partial charge is 0.326 e. The zero-order valence-electron chi connectivity index (χ0n) is 43.6. The summed E-state index contributed by atoms with van der Waals surface area (Å²) in [5.41, 5.74) is 21.0. The van der Waals surface area contributed by atoms with E-state index in [1.54, 1.807) is 0 Å². The summed E-state index contributed by atoms with van der Waals surface area (Å²) in [7, 11) is 0. The number of rotatable bonds is 31. The van der Waals surface area contributed by atoms with Crippen LogP contribution in [0.25, 0.3) is 0 Å². The van der Waals surface area contributed by atoms with Crippen molar-refractivity contribution in [2.45, 2.75) is 157 Å². The third-order valence-corrected chi connectivity index (χ3v) is 13.8. The van der Waals surface area contributed by atoms with Crippen molar-refractivity contribution >= 4 is 88.7 Å². The SMILES string of the molecule is NC(=O)CC[C@H](NC(=O)[C@@H]1CCCN1C(=O)[C@H](CO)NC(=O)[C@H](CCC(N)=O)NC(=O)CNC(=O)[C@H](CCC(N)=O)NC(=O)[C@@H]1CCCN1C(=O)[C@@H]1CCCN1C(=O)CNC(=O)[C@H](CCC(N)=O)NC(=O)[C@@H]1CCCN1)C(=O)O. The molecule has 4 aliphatic heterocycles. The number of carboxylic acid groups (broad SMARTS) is 1. The van der Waals surface area contributed by atoms with Crippen molar-refractivity contribution in [1.29, 1.82) is 0 Å². The molecule has 32 heteroatoms. The van der Waals surface area contributed by atoms with Crippen LogP contribution in [0.4, 0.5) is 0 Å². The molecule has 4 saturated heterocycles. The Morgan fingerprint density at radius 3 is 1.42 bits per heavy atom. The van der Waals surface area contributed by atoms with Gasteiger partial charge in [0.25, 0.3) is 0 Å². The molecule has 0 aromatic rings. The molecule has 438 valence electrons. The van der Waals surface area contributed by atoms with Crippen LogP contribution in [0.2, 0.25) is 0 Å². The van der Waals surface area contributed by atoms with E-state index in [1.807, 2.05) is 0 Å². The Balaban J connectivity index is 1.36. The number of carboxylic acids is 1. The molecule has 0 aliphatic carbocycles. The van der Waals surface area contributed by atoms with Gasteiger partial charge in [-0.1, -0.05) is 0 Å². The van der Waals surface area contributed by atoms with Gasteiger partial charge in [0, 0.05) is 45.3 Å². The number of primary amides is 4. The standard InChI is InChI=1S/C47H73N15O17/c48-33(64)13-9-25(56-41(72)24-5-1-17-52-24)40(71)54-22-38(69)60-18-4-8-32(60)46(77)62-20-3-7-31(62)43(74)57-26(10-14-34(49)65)39(70)53-21-37(68)55-27(11-15-35(50)66)42(73)59-29(23-63)45(76)61-19-2-6-30(61)44(75)58-28(47(78)79)12-16-36(51)67/h24-32,52,63H,1-23H2,(H2,48,64)(H2,49,65)(H2,50,66)(H2,51,67)(H,53,70)(H,54,71)(H,55,68)(H,56,72)(H,57,74)(H,58,75)(H,59,73)(H,78,79)/t24-,25-,26-,27-,28-,29-,30-,31-,32-/m0/s1. The van der Waals surface area contributed by atoms with E-state index in [-0.39, 0.29) is 77.4 Å². The number of carbonyl (C=O) groups excluding carboxylic acids is 14. The van der Waals surface area contributed by atoms with E-state index in [1.165, 1.54) is 9.80 Å². The van der Waals surface area contributed by atoms with Crippen LogP contribution in [0, 0.1) is 0 Å². The summed E-state index contributed by atoms with van der Waals surface area (Å²) < 4.78 is 0. The number of hydrogen-bond donors (Lipinski definition) is 14. The van der Waals surface area contributed by atoms with Crippen molar-refractivity contribution in [3.63, 3.8) is 0 Å². The second-order valence-electron chi connectivity index (χ2n) is 19.6. The normalized spacial score (nSPS) is 20.5. The summed E-state index contributed by atoms with van der Waals surface area (Å²) in [6.07, 6.45) is -0.0360. The van der Waals surface area contributed by atoms with Gasteiger partial charge in [-0.2, -0.15) is 0 Å². The molecule has 4 aliphatic rings. The Kier molecular flexibility index (Phi) is 24.8. The summed E-state index contributed by atoms with van der Waals surface area (Å²) in [5, 5.41) is 39.4.